The summed E-state index contributed by atoms with van der Waals surface area (Å²) in [6.07, 6.45) is 0. The zero-order valence-corrected chi connectivity index (χ0v) is 22.0. The number of nitrogens with zero attached hydrogens (tertiary/aromatic N) is 1. The molecule has 0 aliphatic heterocycles. The topological polar surface area (TPSA) is 115 Å². The summed E-state index contributed by atoms with van der Waals surface area (Å²) in [4.78, 5) is 24.0. The summed E-state index contributed by atoms with van der Waals surface area (Å²) in [6.45, 7) is 2.17. The van der Waals surface area contributed by atoms with Crippen molar-refractivity contribution in [2.45, 2.75) is 28.5 Å². The number of hydrogen-bond donors (Lipinski definition) is 0. The largest absolute Gasteiger partial charge is 0.425 e. The number of fused-ring (bicyclic) bond motifs is 1. The number of esters is 1. The maximum absolute atomic E-state index is 13.7. The lowest BCUT2D eigenvalue weighted by Gasteiger charge is -2.25. The molecule has 4 rings (SSSR count). The molecule has 0 unspecified atom stereocenters. The quantitative estimate of drug-likeness (QED) is 0.242. The molecule has 0 N–H and O–H groups in total. The van der Waals surface area contributed by atoms with Crippen molar-refractivity contribution in [3.05, 3.63) is 90.0 Å². The molecule has 0 saturated carbocycles. The number of rotatable bonds is 6. The van der Waals surface area contributed by atoms with Gasteiger partial charge in [0.1, 0.15) is 4.90 Å². The first kappa shape index (κ1) is 26.3. The number of anilines is 1. The highest BCUT2D eigenvalue weighted by atomic mass is 35.5. The predicted molar refractivity (Wildman–Crippen MR) is 139 cm³/mol. The Morgan fingerprint density at radius 1 is 0.757 bits per heavy atom. The van der Waals surface area contributed by atoms with Gasteiger partial charge in [0.25, 0.3) is 10.0 Å². The van der Waals surface area contributed by atoms with Gasteiger partial charge in [-0.25, -0.2) is 21.1 Å². The van der Waals surface area contributed by atoms with E-state index in [0.29, 0.717) is 9.33 Å². The molecule has 190 valence electrons. The number of amides is 1. The molecule has 0 bridgehead atoms. The van der Waals surface area contributed by atoms with Gasteiger partial charge in [-0.1, -0.05) is 54.1 Å². The molecule has 1 amide bonds. The van der Waals surface area contributed by atoms with Gasteiger partial charge in [0.15, 0.2) is 5.75 Å². The van der Waals surface area contributed by atoms with Gasteiger partial charge in [-0.15, -0.1) is 0 Å². The Labute approximate surface area is 219 Å². The third-order valence-corrected chi connectivity index (χ3v) is 9.21. The fourth-order valence-corrected chi connectivity index (χ4v) is 6.83. The molecule has 0 saturated heterocycles. The molecular weight excluding hydrogens is 538 g/mol. The van der Waals surface area contributed by atoms with Crippen molar-refractivity contribution >= 4 is 59.8 Å². The van der Waals surface area contributed by atoms with E-state index in [4.69, 9.17) is 16.3 Å². The van der Waals surface area contributed by atoms with Crippen LogP contribution in [0.2, 0.25) is 5.02 Å². The fraction of sp³-hybridized carbons (Fsp3) is 0.0769. The second-order valence-corrected chi connectivity index (χ2v) is 12.1. The Balaban J connectivity index is 2.11. The average Bonchev–Trinajstić information content (AvgIpc) is 2.85. The Hall–Kier alpha value is -3.73. The minimum Gasteiger partial charge on any atom is -0.425 e. The third-order valence-electron chi connectivity index (χ3n) is 5.38. The lowest BCUT2D eigenvalue weighted by atomic mass is 10.1. The molecule has 0 atom stereocenters. The Kier molecular flexibility index (Phi) is 7.09. The second kappa shape index (κ2) is 9.97. The second-order valence-electron chi connectivity index (χ2n) is 7.92. The molecule has 8 nitrogen and oxygen atoms in total. The first-order valence-electron chi connectivity index (χ1n) is 10.8. The summed E-state index contributed by atoms with van der Waals surface area (Å²) < 4.78 is 60.6. The van der Waals surface area contributed by atoms with Crippen LogP contribution in [0.1, 0.15) is 13.8 Å². The highest BCUT2D eigenvalue weighted by Gasteiger charge is 2.34. The van der Waals surface area contributed by atoms with Crippen LogP contribution in [0.25, 0.3) is 10.8 Å². The van der Waals surface area contributed by atoms with Gasteiger partial charge in [-0.05, 0) is 42.5 Å². The van der Waals surface area contributed by atoms with Crippen molar-refractivity contribution < 1.29 is 31.2 Å². The number of hydrogen-bond acceptors (Lipinski definition) is 7. The summed E-state index contributed by atoms with van der Waals surface area (Å²) in [5, 5.41) is 0.599. The monoisotopic (exact) mass is 557 g/mol. The van der Waals surface area contributed by atoms with E-state index in [9.17, 15) is 26.4 Å². The van der Waals surface area contributed by atoms with E-state index in [1.54, 1.807) is 18.2 Å². The Morgan fingerprint density at radius 2 is 1.32 bits per heavy atom. The van der Waals surface area contributed by atoms with E-state index in [-0.39, 0.29) is 32.0 Å². The fourth-order valence-electron chi connectivity index (χ4n) is 3.83. The Morgan fingerprint density at radius 3 is 1.89 bits per heavy atom. The van der Waals surface area contributed by atoms with Crippen LogP contribution in [-0.4, -0.2) is 28.7 Å². The maximum Gasteiger partial charge on any atom is 0.308 e. The van der Waals surface area contributed by atoms with Crippen LogP contribution >= 0.6 is 11.6 Å². The van der Waals surface area contributed by atoms with Crippen LogP contribution in [0, 0.1) is 0 Å². The molecule has 11 heteroatoms. The van der Waals surface area contributed by atoms with Gasteiger partial charge in [0.05, 0.1) is 15.5 Å². The smallest absolute Gasteiger partial charge is 0.308 e. The van der Waals surface area contributed by atoms with Crippen molar-refractivity contribution in [3.8, 4) is 5.75 Å². The van der Waals surface area contributed by atoms with E-state index in [2.05, 4.69) is 0 Å². The van der Waals surface area contributed by atoms with Crippen molar-refractivity contribution in [2.75, 3.05) is 4.31 Å². The zero-order valence-electron chi connectivity index (χ0n) is 19.6. The molecule has 4 aromatic rings. The van der Waals surface area contributed by atoms with E-state index in [1.807, 2.05) is 0 Å². The minimum atomic E-state index is -4.50. The summed E-state index contributed by atoms with van der Waals surface area (Å²) in [5.41, 5.74) is -0.219. The Bertz CT molecular complexity index is 1740. The zero-order chi connectivity index (χ0) is 27.0. The van der Waals surface area contributed by atoms with E-state index in [0.717, 1.165) is 19.9 Å². The minimum absolute atomic E-state index is 0.112. The van der Waals surface area contributed by atoms with Gasteiger partial charge >= 0.3 is 5.97 Å². The molecule has 0 radical (unpaired) electrons. The number of ether oxygens (including phenoxy) is 1. The standard InChI is InChI=1S/C26H20ClNO7S2/c1-17(29)28(37(33,34)21-14-12-19(27)13-15-21)24-16-25(36(31,32)20-8-4-3-5-9-20)26(35-18(2)30)23-11-7-6-10-22(23)24/h3-16H,1-2H3. The van der Waals surface area contributed by atoms with Gasteiger partial charge in [-0.3, -0.25) is 9.59 Å². The van der Waals surface area contributed by atoms with Gasteiger partial charge in [0, 0.05) is 29.6 Å². The van der Waals surface area contributed by atoms with Crippen molar-refractivity contribution in [2.24, 2.45) is 0 Å². The van der Waals surface area contributed by atoms with Crippen LogP contribution in [0.3, 0.4) is 0 Å². The lowest BCUT2D eigenvalue weighted by molar-refractivity contribution is -0.132. The number of benzene rings is 4. The molecular formula is C26H20ClNO7S2. The number of carbonyl (C=O) groups excluding carboxylic acids is 2. The number of halogens is 1. The summed E-state index contributed by atoms with van der Waals surface area (Å²) in [6, 6.07) is 19.8. The van der Waals surface area contributed by atoms with Gasteiger partial charge in [-0.2, -0.15) is 0 Å². The molecule has 0 aromatic heterocycles. The van der Waals surface area contributed by atoms with Gasteiger partial charge in [0.2, 0.25) is 15.7 Å². The number of sulfonamides is 1. The van der Waals surface area contributed by atoms with Crippen molar-refractivity contribution in [1.82, 2.24) is 0 Å². The average molecular weight is 558 g/mol. The summed E-state index contributed by atoms with van der Waals surface area (Å²) >= 11 is 5.90. The van der Waals surface area contributed by atoms with E-state index < -0.39 is 36.6 Å². The van der Waals surface area contributed by atoms with Crippen LogP contribution in [-0.2, 0) is 29.4 Å². The normalized spacial score (nSPS) is 11.8. The molecule has 0 fully saturated rings. The lowest BCUT2D eigenvalue weighted by Crippen LogP contribution is -2.35. The highest BCUT2D eigenvalue weighted by Crippen LogP contribution is 2.43. The molecule has 0 aliphatic rings. The summed E-state index contributed by atoms with van der Waals surface area (Å²) in [7, 11) is -8.83. The summed E-state index contributed by atoms with van der Waals surface area (Å²) in [5.74, 6) is -1.94. The highest BCUT2D eigenvalue weighted by molar-refractivity contribution is 7.93. The van der Waals surface area contributed by atoms with Gasteiger partial charge < -0.3 is 4.74 Å². The first-order valence-corrected chi connectivity index (χ1v) is 14.1. The molecule has 0 aliphatic carbocycles. The van der Waals surface area contributed by atoms with Crippen LogP contribution in [0.5, 0.6) is 5.75 Å². The first-order chi connectivity index (χ1) is 17.4. The molecule has 0 spiro atoms. The van der Waals surface area contributed by atoms with Crippen LogP contribution < -0.4 is 9.04 Å². The van der Waals surface area contributed by atoms with E-state index in [1.165, 1.54) is 60.7 Å². The van der Waals surface area contributed by atoms with Crippen molar-refractivity contribution in [1.29, 1.82) is 0 Å². The number of sulfone groups is 1. The molecule has 4 aromatic carbocycles. The van der Waals surface area contributed by atoms with Crippen LogP contribution in [0.15, 0.2) is 99.6 Å². The third kappa shape index (κ3) is 4.95. The van der Waals surface area contributed by atoms with Crippen LogP contribution in [0.4, 0.5) is 5.69 Å². The molecule has 37 heavy (non-hydrogen) atoms. The van der Waals surface area contributed by atoms with Crippen molar-refractivity contribution in [3.63, 3.8) is 0 Å². The maximum atomic E-state index is 13.7. The SMILES string of the molecule is CC(=O)Oc1c(S(=O)(=O)c2ccccc2)cc(N(C(C)=O)S(=O)(=O)c2ccc(Cl)cc2)c2ccccc12. The number of carbonyl (C=O) groups is 2. The predicted octanol–water partition coefficient (Wildman–Crippen LogP) is 4.99. The van der Waals surface area contributed by atoms with E-state index >= 15 is 0 Å². The molecule has 0 heterocycles.